The van der Waals surface area contributed by atoms with E-state index in [0.29, 0.717) is 0 Å². The second-order valence-electron chi connectivity index (χ2n) is 1.18. The van der Waals surface area contributed by atoms with Gasteiger partial charge >= 0.3 is 0 Å². The van der Waals surface area contributed by atoms with Crippen LogP contribution in [0.3, 0.4) is 0 Å². The molecule has 0 fully saturated rings. The molecule has 0 unspecified atom stereocenters. The predicted octanol–water partition coefficient (Wildman–Crippen LogP) is 2.24. The topological polar surface area (TPSA) is 9.23 Å². The molecular formula is C7H10O. The van der Waals surface area contributed by atoms with Crippen molar-refractivity contribution < 1.29 is 4.74 Å². The van der Waals surface area contributed by atoms with Crippen molar-refractivity contribution in [3.63, 3.8) is 0 Å². The molecule has 0 heterocycles. The zero-order valence-corrected chi connectivity index (χ0v) is 5.05. The van der Waals surface area contributed by atoms with E-state index in [1.807, 2.05) is 13.0 Å². The lowest BCUT2D eigenvalue weighted by molar-refractivity contribution is 0.369. The molecule has 8 heavy (non-hydrogen) atoms. The summed E-state index contributed by atoms with van der Waals surface area (Å²) in [7, 11) is 0. The van der Waals surface area contributed by atoms with Crippen LogP contribution in [0.1, 0.15) is 6.92 Å². The van der Waals surface area contributed by atoms with Crippen LogP contribution < -0.4 is 0 Å². The summed E-state index contributed by atoms with van der Waals surface area (Å²) in [5.41, 5.74) is 0. The summed E-state index contributed by atoms with van der Waals surface area (Å²) in [6.07, 6.45) is 4.81. The first-order valence-corrected chi connectivity index (χ1v) is 2.41. The van der Waals surface area contributed by atoms with Crippen molar-refractivity contribution in [3.8, 4) is 0 Å². The number of ether oxygens (including phenoxy) is 1. The highest BCUT2D eigenvalue weighted by atomic mass is 16.5. The molecule has 0 saturated heterocycles. The predicted molar refractivity (Wildman–Crippen MR) is 35.2 cm³/mol. The molecule has 0 aromatic carbocycles. The smallest absolute Gasteiger partial charge is 0.121 e. The molecule has 0 saturated carbocycles. The fourth-order valence-electron chi connectivity index (χ4n) is 0.330. The lowest BCUT2D eigenvalue weighted by atomic mass is 10.5. The maximum absolute atomic E-state index is 4.85. The van der Waals surface area contributed by atoms with Gasteiger partial charge in [0.2, 0.25) is 0 Å². The average molecular weight is 110 g/mol. The third-order valence-electron chi connectivity index (χ3n) is 0.705. The number of rotatable bonds is 3. The lowest BCUT2D eigenvalue weighted by Gasteiger charge is -1.94. The normalized spacial score (nSPS) is 10.4. The van der Waals surface area contributed by atoms with Gasteiger partial charge in [0.1, 0.15) is 5.76 Å². The third kappa shape index (κ3) is 2.24. The van der Waals surface area contributed by atoms with Crippen molar-refractivity contribution in [1.82, 2.24) is 0 Å². The van der Waals surface area contributed by atoms with Crippen LogP contribution in [-0.4, -0.2) is 0 Å². The highest BCUT2D eigenvalue weighted by molar-refractivity contribution is 5.07. The molecule has 0 aromatic rings. The second-order valence-corrected chi connectivity index (χ2v) is 1.18. The first kappa shape index (κ1) is 7.02. The summed E-state index contributed by atoms with van der Waals surface area (Å²) >= 11 is 0. The molecule has 0 spiro atoms. The van der Waals surface area contributed by atoms with Gasteiger partial charge in [0.25, 0.3) is 0 Å². The highest BCUT2D eigenvalue weighted by Crippen LogP contribution is 1.95. The Bertz CT molecular complexity index is 112. The van der Waals surface area contributed by atoms with Crippen LogP contribution in [0.4, 0.5) is 0 Å². The molecule has 0 aliphatic rings. The molecule has 0 radical (unpaired) electrons. The van der Waals surface area contributed by atoms with Crippen molar-refractivity contribution in [2.24, 2.45) is 0 Å². The molecule has 0 atom stereocenters. The quantitative estimate of drug-likeness (QED) is 0.400. The Balaban J connectivity index is 3.71. The van der Waals surface area contributed by atoms with Gasteiger partial charge in [-0.2, -0.15) is 0 Å². The molecule has 44 valence electrons. The van der Waals surface area contributed by atoms with Gasteiger partial charge in [-0.15, -0.1) is 0 Å². The van der Waals surface area contributed by atoms with Gasteiger partial charge in [0.05, 0.1) is 6.26 Å². The molecule has 1 nitrogen and oxygen atoms in total. The van der Waals surface area contributed by atoms with Gasteiger partial charge in [-0.25, -0.2) is 0 Å². The molecule has 0 amide bonds. The van der Waals surface area contributed by atoms with Crippen LogP contribution in [0, 0.1) is 0 Å². The molecule has 1 heteroatoms. The van der Waals surface area contributed by atoms with Crippen LogP contribution in [0.2, 0.25) is 0 Å². The number of hydrogen-bond acceptors (Lipinski definition) is 1. The van der Waals surface area contributed by atoms with E-state index in [1.54, 1.807) is 6.08 Å². The fraction of sp³-hybridized carbons (Fsp3) is 0.143. The minimum atomic E-state index is 0.736. The van der Waals surface area contributed by atoms with Crippen molar-refractivity contribution in [2.45, 2.75) is 6.92 Å². The van der Waals surface area contributed by atoms with Crippen LogP contribution in [0.25, 0.3) is 0 Å². The first-order chi connectivity index (χ1) is 3.85. The SMILES string of the molecule is C=CO/C(C=C)=C/C. The second kappa shape index (κ2) is 4.19. The summed E-state index contributed by atoms with van der Waals surface area (Å²) in [6.45, 7) is 8.77. The summed E-state index contributed by atoms with van der Waals surface area (Å²) in [4.78, 5) is 0. The summed E-state index contributed by atoms with van der Waals surface area (Å²) in [5, 5.41) is 0. The molecule has 0 rings (SSSR count). The molecular weight excluding hydrogens is 100 g/mol. The van der Waals surface area contributed by atoms with Gasteiger partial charge < -0.3 is 4.74 Å². The van der Waals surface area contributed by atoms with Gasteiger partial charge in [0.15, 0.2) is 0 Å². The van der Waals surface area contributed by atoms with E-state index in [0.717, 1.165) is 5.76 Å². The van der Waals surface area contributed by atoms with Gasteiger partial charge in [-0.05, 0) is 19.1 Å². The molecule has 0 bridgehead atoms. The largest absolute Gasteiger partial charge is 0.466 e. The van der Waals surface area contributed by atoms with Crippen molar-refractivity contribution >= 4 is 0 Å². The Morgan fingerprint density at radius 3 is 2.25 bits per heavy atom. The monoisotopic (exact) mass is 110 g/mol. The summed E-state index contributed by atoms with van der Waals surface area (Å²) < 4.78 is 4.85. The molecule has 0 aliphatic carbocycles. The zero-order valence-electron chi connectivity index (χ0n) is 5.05. The Labute approximate surface area is 50.0 Å². The van der Waals surface area contributed by atoms with Crippen LogP contribution >= 0.6 is 0 Å². The Morgan fingerprint density at radius 1 is 1.50 bits per heavy atom. The van der Waals surface area contributed by atoms with E-state index < -0.39 is 0 Å². The molecule has 0 aliphatic heterocycles. The van der Waals surface area contributed by atoms with E-state index in [2.05, 4.69) is 13.2 Å². The molecule has 0 N–H and O–H groups in total. The average Bonchev–Trinajstić information content (AvgIpc) is 1.83. The molecule has 0 aromatic heterocycles. The van der Waals surface area contributed by atoms with E-state index in [9.17, 15) is 0 Å². The van der Waals surface area contributed by atoms with Gasteiger partial charge in [0, 0.05) is 0 Å². The minimum absolute atomic E-state index is 0.736. The Hall–Kier alpha value is -0.980. The standard InChI is InChI=1S/C7H10O/c1-4-7(5-2)8-6-3/h4-6H,1,3H2,2H3/b7-5+. The van der Waals surface area contributed by atoms with Gasteiger partial charge in [-0.3, -0.25) is 0 Å². The first-order valence-electron chi connectivity index (χ1n) is 2.41. The van der Waals surface area contributed by atoms with Crippen LogP contribution in [-0.2, 0) is 4.74 Å². The van der Waals surface area contributed by atoms with Crippen molar-refractivity contribution in [2.75, 3.05) is 0 Å². The zero-order chi connectivity index (χ0) is 6.41. The van der Waals surface area contributed by atoms with E-state index >= 15 is 0 Å². The van der Waals surface area contributed by atoms with E-state index in [4.69, 9.17) is 4.74 Å². The van der Waals surface area contributed by atoms with Crippen molar-refractivity contribution in [3.05, 3.63) is 37.3 Å². The van der Waals surface area contributed by atoms with Crippen molar-refractivity contribution in [1.29, 1.82) is 0 Å². The highest BCUT2D eigenvalue weighted by Gasteiger charge is 1.80. The minimum Gasteiger partial charge on any atom is -0.466 e. The van der Waals surface area contributed by atoms with Crippen LogP contribution in [0.15, 0.2) is 37.3 Å². The lowest BCUT2D eigenvalue weighted by Crippen LogP contribution is -1.75. The summed E-state index contributed by atoms with van der Waals surface area (Å²) in [6, 6.07) is 0. The Kier molecular flexibility index (Phi) is 3.67. The van der Waals surface area contributed by atoms with E-state index in [-0.39, 0.29) is 0 Å². The van der Waals surface area contributed by atoms with Gasteiger partial charge in [-0.1, -0.05) is 13.2 Å². The third-order valence-corrected chi connectivity index (χ3v) is 0.705. The number of hydrogen-bond donors (Lipinski definition) is 0. The number of allylic oxidation sites excluding steroid dienone is 2. The maximum Gasteiger partial charge on any atom is 0.121 e. The maximum atomic E-state index is 4.85. The summed E-state index contributed by atoms with van der Waals surface area (Å²) in [5.74, 6) is 0.736. The van der Waals surface area contributed by atoms with E-state index in [1.165, 1.54) is 6.26 Å². The van der Waals surface area contributed by atoms with Crippen LogP contribution in [0.5, 0.6) is 0 Å². The Morgan fingerprint density at radius 2 is 2.12 bits per heavy atom. The fourth-order valence-corrected chi connectivity index (χ4v) is 0.330.